The van der Waals surface area contributed by atoms with Gasteiger partial charge in [0.1, 0.15) is 12.1 Å². The predicted octanol–water partition coefficient (Wildman–Crippen LogP) is 2.26. The summed E-state index contributed by atoms with van der Waals surface area (Å²) < 4.78 is 5.08. The van der Waals surface area contributed by atoms with Gasteiger partial charge in [0.25, 0.3) is 0 Å². The van der Waals surface area contributed by atoms with E-state index in [9.17, 15) is 14.7 Å². The summed E-state index contributed by atoms with van der Waals surface area (Å²) in [5, 5.41) is 11.9. The molecule has 6 heteroatoms. The lowest BCUT2D eigenvalue weighted by Gasteiger charge is -2.32. The predicted molar refractivity (Wildman–Crippen MR) is 76.7 cm³/mol. The first-order valence-electron chi connectivity index (χ1n) is 6.42. The molecular formula is C14H17NO4S. The van der Waals surface area contributed by atoms with Gasteiger partial charge in [0.15, 0.2) is 0 Å². The summed E-state index contributed by atoms with van der Waals surface area (Å²) in [5.74, 6) is 0.305. The zero-order valence-corrected chi connectivity index (χ0v) is 11.8. The lowest BCUT2D eigenvalue weighted by Crippen LogP contribution is -2.57. The monoisotopic (exact) mass is 295 g/mol. The van der Waals surface area contributed by atoms with E-state index >= 15 is 0 Å². The molecule has 0 aromatic heterocycles. The van der Waals surface area contributed by atoms with Crippen LogP contribution in [0.1, 0.15) is 18.4 Å². The van der Waals surface area contributed by atoms with Crippen LogP contribution in [0.4, 0.5) is 4.79 Å². The van der Waals surface area contributed by atoms with Crippen molar-refractivity contribution in [2.45, 2.75) is 25.0 Å². The number of amides is 1. The number of hydrogen-bond donors (Lipinski definition) is 2. The highest BCUT2D eigenvalue weighted by atomic mass is 32.2. The van der Waals surface area contributed by atoms with Gasteiger partial charge in [-0.05, 0) is 24.2 Å². The van der Waals surface area contributed by atoms with Gasteiger partial charge in [0.2, 0.25) is 0 Å². The van der Waals surface area contributed by atoms with Gasteiger partial charge in [-0.2, -0.15) is 11.8 Å². The van der Waals surface area contributed by atoms with Gasteiger partial charge in [-0.1, -0.05) is 30.3 Å². The van der Waals surface area contributed by atoms with Crippen molar-refractivity contribution >= 4 is 23.8 Å². The lowest BCUT2D eigenvalue weighted by atomic mass is 9.96. The number of thioether (sulfide) groups is 1. The number of ether oxygens (including phenoxy) is 1. The van der Waals surface area contributed by atoms with E-state index < -0.39 is 17.6 Å². The third kappa shape index (κ3) is 3.66. The molecule has 0 radical (unpaired) electrons. The summed E-state index contributed by atoms with van der Waals surface area (Å²) in [6, 6.07) is 9.27. The maximum atomic E-state index is 11.8. The molecule has 1 aromatic rings. The summed E-state index contributed by atoms with van der Waals surface area (Å²) in [4.78, 5) is 23.2. The van der Waals surface area contributed by atoms with Gasteiger partial charge < -0.3 is 15.2 Å². The number of carboxylic acids is 1. The second kappa shape index (κ2) is 6.65. The van der Waals surface area contributed by atoms with E-state index in [0.717, 1.165) is 17.7 Å². The number of carboxylic acid groups (broad SMARTS) is 1. The van der Waals surface area contributed by atoms with Crippen LogP contribution in [0.15, 0.2) is 30.3 Å². The molecule has 108 valence electrons. The number of nitrogens with one attached hydrogen (secondary N) is 1. The second-order valence-electron chi connectivity index (χ2n) is 4.73. The molecule has 1 heterocycles. The molecule has 20 heavy (non-hydrogen) atoms. The van der Waals surface area contributed by atoms with Gasteiger partial charge in [0, 0.05) is 5.75 Å². The SMILES string of the molecule is O=C(N[C@]1(C(=O)O)CCCSC1)OCc1ccccc1. The number of hydrogen-bond acceptors (Lipinski definition) is 4. The van der Waals surface area contributed by atoms with Gasteiger partial charge in [-0.3, -0.25) is 0 Å². The quantitative estimate of drug-likeness (QED) is 0.891. The Hall–Kier alpha value is -1.69. The molecule has 1 fully saturated rings. The van der Waals surface area contributed by atoms with Crippen LogP contribution in [-0.2, 0) is 16.1 Å². The minimum absolute atomic E-state index is 0.134. The standard InChI is InChI=1S/C14H17NO4S/c16-12(17)14(7-4-8-20-10-14)15-13(18)19-9-11-5-2-1-3-6-11/h1-3,5-6H,4,7-10H2,(H,15,18)(H,16,17)/t14-/m1/s1. The maximum absolute atomic E-state index is 11.8. The largest absolute Gasteiger partial charge is 0.479 e. The molecular weight excluding hydrogens is 278 g/mol. The van der Waals surface area contributed by atoms with Crippen molar-refractivity contribution in [1.82, 2.24) is 5.32 Å². The highest BCUT2D eigenvalue weighted by Gasteiger charge is 2.42. The number of carbonyl (C=O) groups is 2. The third-order valence-corrected chi connectivity index (χ3v) is 4.48. The van der Waals surface area contributed by atoms with Crippen LogP contribution in [0.3, 0.4) is 0 Å². The van der Waals surface area contributed by atoms with Crippen LogP contribution in [-0.4, -0.2) is 34.2 Å². The van der Waals surface area contributed by atoms with E-state index in [1.165, 1.54) is 11.8 Å². The average Bonchev–Trinajstić information content (AvgIpc) is 2.47. The summed E-state index contributed by atoms with van der Waals surface area (Å²) in [6.45, 7) is 0.134. The van der Waals surface area contributed by atoms with E-state index in [1.807, 2.05) is 30.3 Å². The number of alkyl carbamates (subject to hydrolysis) is 1. The fourth-order valence-electron chi connectivity index (χ4n) is 2.07. The molecule has 0 aliphatic carbocycles. The van der Waals surface area contributed by atoms with Crippen molar-refractivity contribution in [3.8, 4) is 0 Å². The Morgan fingerprint density at radius 1 is 1.35 bits per heavy atom. The summed E-state index contributed by atoms with van der Waals surface area (Å²) in [5.41, 5.74) is -0.332. The minimum Gasteiger partial charge on any atom is -0.479 e. The first-order valence-corrected chi connectivity index (χ1v) is 7.58. The first-order chi connectivity index (χ1) is 9.62. The van der Waals surface area contributed by atoms with Crippen molar-refractivity contribution in [2.75, 3.05) is 11.5 Å². The Kier molecular flexibility index (Phi) is 4.89. The van der Waals surface area contributed by atoms with Crippen LogP contribution in [0, 0.1) is 0 Å². The fourth-order valence-corrected chi connectivity index (χ4v) is 3.25. The van der Waals surface area contributed by atoms with E-state index in [0.29, 0.717) is 12.2 Å². The number of benzene rings is 1. The van der Waals surface area contributed by atoms with Gasteiger partial charge in [-0.25, -0.2) is 9.59 Å². The molecule has 1 amide bonds. The zero-order valence-electron chi connectivity index (χ0n) is 11.0. The first kappa shape index (κ1) is 14.7. The molecule has 2 rings (SSSR count). The molecule has 5 nitrogen and oxygen atoms in total. The van der Waals surface area contributed by atoms with E-state index in [4.69, 9.17) is 4.74 Å². The van der Waals surface area contributed by atoms with Gasteiger partial charge >= 0.3 is 12.1 Å². The molecule has 1 aliphatic heterocycles. The Morgan fingerprint density at radius 2 is 2.10 bits per heavy atom. The summed E-state index contributed by atoms with van der Waals surface area (Å²) in [6.07, 6.45) is 0.532. The lowest BCUT2D eigenvalue weighted by molar-refractivity contribution is -0.144. The topological polar surface area (TPSA) is 75.6 Å². The third-order valence-electron chi connectivity index (χ3n) is 3.20. The van der Waals surface area contributed by atoms with Crippen molar-refractivity contribution in [2.24, 2.45) is 0 Å². The minimum atomic E-state index is -1.20. The van der Waals surface area contributed by atoms with Crippen molar-refractivity contribution in [3.63, 3.8) is 0 Å². The van der Waals surface area contributed by atoms with Gasteiger partial charge in [0.05, 0.1) is 0 Å². The van der Waals surface area contributed by atoms with E-state index in [2.05, 4.69) is 5.32 Å². The maximum Gasteiger partial charge on any atom is 0.408 e. The van der Waals surface area contributed by atoms with Crippen molar-refractivity contribution in [3.05, 3.63) is 35.9 Å². The van der Waals surface area contributed by atoms with Crippen LogP contribution >= 0.6 is 11.8 Å². The smallest absolute Gasteiger partial charge is 0.408 e. The zero-order chi connectivity index (χ0) is 14.4. The summed E-state index contributed by atoms with van der Waals surface area (Å²) >= 11 is 1.54. The molecule has 0 unspecified atom stereocenters. The normalized spacial score (nSPS) is 22.0. The fraction of sp³-hybridized carbons (Fsp3) is 0.429. The Morgan fingerprint density at radius 3 is 2.70 bits per heavy atom. The van der Waals surface area contributed by atoms with E-state index in [-0.39, 0.29) is 6.61 Å². The summed E-state index contributed by atoms with van der Waals surface area (Å²) in [7, 11) is 0. The van der Waals surface area contributed by atoms with Crippen molar-refractivity contribution < 1.29 is 19.4 Å². The number of rotatable bonds is 4. The molecule has 0 saturated carbocycles. The van der Waals surface area contributed by atoms with Crippen LogP contribution < -0.4 is 5.32 Å². The highest BCUT2D eigenvalue weighted by molar-refractivity contribution is 7.99. The second-order valence-corrected chi connectivity index (χ2v) is 5.84. The van der Waals surface area contributed by atoms with Crippen LogP contribution in [0.25, 0.3) is 0 Å². The van der Waals surface area contributed by atoms with Gasteiger partial charge in [-0.15, -0.1) is 0 Å². The van der Waals surface area contributed by atoms with Crippen molar-refractivity contribution in [1.29, 1.82) is 0 Å². The average molecular weight is 295 g/mol. The number of carbonyl (C=O) groups excluding carboxylic acids is 1. The Labute approximate surface area is 121 Å². The molecule has 1 aromatic carbocycles. The van der Waals surface area contributed by atoms with Crippen LogP contribution in [0.5, 0.6) is 0 Å². The number of aliphatic carboxylic acids is 1. The molecule has 1 saturated heterocycles. The molecule has 1 aliphatic rings. The van der Waals surface area contributed by atoms with E-state index in [1.54, 1.807) is 0 Å². The Balaban J connectivity index is 1.90. The molecule has 0 bridgehead atoms. The molecule has 1 atom stereocenters. The molecule has 0 spiro atoms. The van der Waals surface area contributed by atoms with Crippen LogP contribution in [0.2, 0.25) is 0 Å². The molecule has 2 N–H and O–H groups in total. The highest BCUT2D eigenvalue weighted by Crippen LogP contribution is 2.27. The Bertz CT molecular complexity index is 471.